The van der Waals surface area contributed by atoms with Crippen molar-refractivity contribution in [2.75, 3.05) is 13.3 Å². The summed E-state index contributed by atoms with van der Waals surface area (Å²) in [6.07, 6.45) is 0.611. The normalized spacial score (nSPS) is 38.8. The lowest BCUT2D eigenvalue weighted by molar-refractivity contribution is 0.0360. The minimum absolute atomic E-state index is 0.0119. The van der Waals surface area contributed by atoms with Crippen molar-refractivity contribution >= 4 is 22.6 Å². The van der Waals surface area contributed by atoms with Gasteiger partial charge in [-0.05, 0) is 13.1 Å². The van der Waals surface area contributed by atoms with E-state index >= 15 is 0 Å². The predicted octanol–water partition coefficient (Wildman–Crippen LogP) is -1.86. The number of ether oxygens (including phenoxy) is 1. The van der Waals surface area contributed by atoms with Gasteiger partial charge in [0.25, 0.3) is 0 Å². The fraction of sp³-hybridized carbons (Fsp3) is 1.00. The Morgan fingerprint density at radius 2 is 2.38 bits per heavy atom. The summed E-state index contributed by atoms with van der Waals surface area (Å²) in [7, 11) is 1.41. The number of hydrogen-bond acceptors (Lipinski definition) is 3. The fourth-order valence-corrected chi connectivity index (χ4v) is 2.73. The van der Waals surface area contributed by atoms with Crippen LogP contribution in [0.2, 0.25) is 0 Å². The van der Waals surface area contributed by atoms with Gasteiger partial charge in [0.05, 0.1) is 19.9 Å². The molecule has 74 valence electrons. The number of nitrogens with one attached hydrogen (secondary N) is 1. The third-order valence-corrected chi connectivity index (χ3v) is 3.05. The first kappa shape index (κ1) is 11.3. The second-order valence-electron chi connectivity index (χ2n) is 3.99. The van der Waals surface area contributed by atoms with Crippen LogP contribution >= 0.6 is 7.17 Å². The molecule has 1 rings (SSSR count). The molecule has 4 atom stereocenters. The molecule has 0 radical (unpaired) electrons. The van der Waals surface area contributed by atoms with E-state index in [1.807, 2.05) is 7.85 Å². The molecule has 0 aromatic heterocycles. The number of aliphatic hydroxyl groups is 1. The van der Waals surface area contributed by atoms with Gasteiger partial charge in [-0.15, -0.1) is 0 Å². The van der Waals surface area contributed by atoms with Crippen molar-refractivity contribution in [2.45, 2.75) is 24.6 Å². The van der Waals surface area contributed by atoms with Gasteiger partial charge in [0, 0.05) is 12.0 Å². The highest BCUT2D eigenvalue weighted by atomic mass is 31.2. The zero-order valence-electron chi connectivity index (χ0n) is 8.36. The van der Waals surface area contributed by atoms with E-state index in [0.717, 1.165) is 6.42 Å². The summed E-state index contributed by atoms with van der Waals surface area (Å²) in [4.78, 5) is 0. The van der Waals surface area contributed by atoms with E-state index in [2.05, 4.69) is 5.09 Å². The van der Waals surface area contributed by atoms with Gasteiger partial charge < -0.3 is 14.4 Å². The highest BCUT2D eigenvalue weighted by molar-refractivity contribution is 7.85. The maximum absolute atomic E-state index is 11.5. The number of hydrogen-bond donors (Lipinski definition) is 2. The van der Waals surface area contributed by atoms with Crippen LogP contribution in [0.1, 0.15) is 6.42 Å². The van der Waals surface area contributed by atoms with Crippen molar-refractivity contribution in [1.29, 1.82) is 0 Å². The maximum Gasteiger partial charge on any atom is 0.200 e. The Morgan fingerprint density at radius 1 is 1.77 bits per heavy atom. The van der Waals surface area contributed by atoms with Gasteiger partial charge in [-0.25, -0.2) is 0 Å². The van der Waals surface area contributed by atoms with Gasteiger partial charge in [-0.1, -0.05) is 0 Å². The third kappa shape index (κ3) is 3.47. The van der Waals surface area contributed by atoms with Crippen LogP contribution in [0.4, 0.5) is 0 Å². The van der Waals surface area contributed by atoms with Crippen molar-refractivity contribution in [3.63, 3.8) is 0 Å². The molecular weight excluding hydrogens is 187 g/mol. The fourth-order valence-electron chi connectivity index (χ4n) is 1.66. The lowest BCUT2D eigenvalue weighted by Crippen LogP contribution is -2.36. The van der Waals surface area contributed by atoms with Crippen LogP contribution in [-0.2, 0) is 9.30 Å². The lowest BCUT2D eigenvalue weighted by atomic mass is 9.95. The van der Waals surface area contributed by atoms with E-state index in [4.69, 9.17) is 9.84 Å². The Hall–Kier alpha value is 0.240. The van der Waals surface area contributed by atoms with Gasteiger partial charge in [-0.3, -0.25) is 5.09 Å². The van der Waals surface area contributed by atoms with Gasteiger partial charge in [-0.2, -0.15) is 0 Å². The Bertz CT molecular complexity index is 222. The SMILES string of the molecule is B[C@H]1C[C@@H](NP(B)(C)=O)[C@@H](CO)O1. The Morgan fingerprint density at radius 3 is 2.85 bits per heavy atom. The molecule has 2 N–H and O–H groups in total. The van der Waals surface area contributed by atoms with E-state index in [1.165, 1.54) is 0 Å². The Kier molecular flexibility index (Phi) is 3.64. The first-order valence-corrected chi connectivity index (χ1v) is 7.11. The van der Waals surface area contributed by atoms with Crippen LogP contribution in [0, 0.1) is 0 Å². The minimum Gasteiger partial charge on any atom is -0.394 e. The summed E-state index contributed by atoms with van der Waals surface area (Å²) < 4.78 is 16.9. The van der Waals surface area contributed by atoms with Crippen molar-refractivity contribution in [3.8, 4) is 0 Å². The summed E-state index contributed by atoms with van der Waals surface area (Å²) in [6.45, 7) is 1.67. The van der Waals surface area contributed by atoms with E-state index in [9.17, 15) is 4.57 Å². The highest BCUT2D eigenvalue weighted by Gasteiger charge is 2.33. The first-order valence-electron chi connectivity index (χ1n) is 4.51. The quantitative estimate of drug-likeness (QED) is 0.417. The summed E-state index contributed by atoms with van der Waals surface area (Å²) >= 11 is 0. The average Bonchev–Trinajstić information content (AvgIpc) is 2.27. The molecule has 4 nitrogen and oxygen atoms in total. The predicted molar refractivity (Wildman–Crippen MR) is 57.9 cm³/mol. The van der Waals surface area contributed by atoms with Crippen molar-refractivity contribution in [1.82, 2.24) is 5.09 Å². The smallest absolute Gasteiger partial charge is 0.200 e. The minimum atomic E-state index is -2.23. The Labute approximate surface area is 80.6 Å². The summed E-state index contributed by atoms with van der Waals surface area (Å²) in [5.41, 5.74) is 0. The third-order valence-electron chi connectivity index (χ3n) is 2.10. The molecule has 13 heavy (non-hydrogen) atoms. The lowest BCUT2D eigenvalue weighted by Gasteiger charge is -2.20. The molecule has 0 bridgehead atoms. The van der Waals surface area contributed by atoms with Crippen molar-refractivity contribution < 1.29 is 14.4 Å². The molecule has 7 heteroatoms. The van der Waals surface area contributed by atoms with Crippen molar-refractivity contribution in [3.05, 3.63) is 0 Å². The van der Waals surface area contributed by atoms with Crippen LogP contribution in [0.3, 0.4) is 0 Å². The largest absolute Gasteiger partial charge is 0.394 e. The van der Waals surface area contributed by atoms with Crippen LogP contribution in [-0.4, -0.2) is 51.9 Å². The van der Waals surface area contributed by atoms with E-state index in [0.29, 0.717) is 0 Å². The average molecular weight is 203 g/mol. The second-order valence-corrected chi connectivity index (χ2v) is 6.95. The van der Waals surface area contributed by atoms with Crippen molar-refractivity contribution in [2.24, 2.45) is 0 Å². The summed E-state index contributed by atoms with van der Waals surface area (Å²) in [5.74, 6) is 0. The molecular formula is C6H16B2NO3P. The molecule has 0 amide bonds. The van der Waals surface area contributed by atoms with Crippen LogP contribution in [0.15, 0.2) is 0 Å². The highest BCUT2D eigenvalue weighted by Crippen LogP contribution is 2.33. The van der Waals surface area contributed by atoms with Gasteiger partial charge >= 0.3 is 0 Å². The maximum atomic E-state index is 11.5. The van der Waals surface area contributed by atoms with E-state index in [1.54, 1.807) is 14.2 Å². The molecule has 1 aliphatic rings. The monoisotopic (exact) mass is 203 g/mol. The molecule has 1 heterocycles. The number of aliphatic hydroxyl groups excluding tert-OH is 1. The van der Waals surface area contributed by atoms with Crippen LogP contribution in [0.5, 0.6) is 0 Å². The zero-order valence-corrected chi connectivity index (χ0v) is 9.25. The van der Waals surface area contributed by atoms with Crippen LogP contribution < -0.4 is 5.09 Å². The van der Waals surface area contributed by atoms with Gasteiger partial charge in [0.15, 0.2) is 0 Å². The summed E-state index contributed by atoms with van der Waals surface area (Å²) in [5, 5.41) is 12.0. The molecule has 0 aromatic carbocycles. The molecule has 1 unspecified atom stereocenters. The van der Waals surface area contributed by atoms with E-state index in [-0.39, 0.29) is 24.8 Å². The summed E-state index contributed by atoms with van der Waals surface area (Å²) in [6, 6.07) is 0.169. The topological polar surface area (TPSA) is 58.6 Å². The molecule has 0 aliphatic carbocycles. The molecule has 0 spiro atoms. The second kappa shape index (κ2) is 4.18. The standard InChI is InChI=1S/C6H16B2NO3P/c1-13(8,11)9-4-2-6(7)12-5(4)3-10/h4-6,10H,2-3,7-8H2,1H3,(H,9,11)/t4-,5-,6-,13?/m1/s1. The molecule has 1 fully saturated rings. The Balaban J connectivity index is 2.54. The number of rotatable bonds is 3. The molecule has 0 aromatic rings. The van der Waals surface area contributed by atoms with Gasteiger partial charge in [0.2, 0.25) is 7.57 Å². The van der Waals surface area contributed by atoms with Gasteiger partial charge in [0.1, 0.15) is 7.85 Å². The zero-order chi connectivity index (χ0) is 10.1. The molecule has 0 saturated carbocycles. The molecule has 1 saturated heterocycles. The van der Waals surface area contributed by atoms with E-state index < -0.39 is 7.17 Å². The van der Waals surface area contributed by atoms with Crippen LogP contribution in [0.25, 0.3) is 0 Å². The first-order chi connectivity index (χ1) is 5.92. The molecule has 1 aliphatic heterocycles.